The summed E-state index contributed by atoms with van der Waals surface area (Å²) in [5.74, 6) is 0.497. The summed E-state index contributed by atoms with van der Waals surface area (Å²) in [6.45, 7) is 4.47. The lowest BCUT2D eigenvalue weighted by atomic mass is 9.97. The summed E-state index contributed by atoms with van der Waals surface area (Å²) in [6, 6.07) is 10.0. The molecule has 5 heteroatoms. The lowest BCUT2D eigenvalue weighted by molar-refractivity contribution is -0.118. The van der Waals surface area contributed by atoms with Gasteiger partial charge in [0.05, 0.1) is 6.61 Å². The van der Waals surface area contributed by atoms with Gasteiger partial charge in [-0.2, -0.15) is 0 Å². The second-order valence-corrected chi connectivity index (χ2v) is 6.91. The first kappa shape index (κ1) is 19.1. The molecule has 1 amide bonds. The van der Waals surface area contributed by atoms with Crippen molar-refractivity contribution in [2.75, 3.05) is 18.1 Å². The van der Waals surface area contributed by atoms with E-state index in [1.54, 1.807) is 29.2 Å². The third-order valence-corrected chi connectivity index (χ3v) is 4.81. The smallest absolute Gasteiger partial charge is 0.227 e. The Morgan fingerprint density at radius 2 is 1.93 bits per heavy atom. The van der Waals surface area contributed by atoms with Crippen molar-refractivity contribution in [1.82, 2.24) is 0 Å². The number of hydrogen-bond acceptors (Lipinski definition) is 3. The monoisotopic (exact) mass is 369 g/mol. The maximum absolute atomic E-state index is 13.6. The van der Waals surface area contributed by atoms with Crippen LogP contribution in [0, 0.1) is 12.7 Å². The molecule has 0 atom stereocenters. The Labute approximate surface area is 158 Å². The number of fused-ring (bicyclic) bond motifs is 1. The molecular formula is C22H24FNO3. The van der Waals surface area contributed by atoms with Gasteiger partial charge in [0.2, 0.25) is 5.91 Å². The molecule has 2 aromatic carbocycles. The van der Waals surface area contributed by atoms with Crippen molar-refractivity contribution in [3.05, 3.63) is 58.9 Å². The van der Waals surface area contributed by atoms with Crippen LogP contribution in [-0.4, -0.2) is 24.8 Å². The molecule has 0 aromatic heterocycles. The summed E-state index contributed by atoms with van der Waals surface area (Å²) in [6.07, 6.45) is 2.62. The molecule has 3 rings (SSSR count). The summed E-state index contributed by atoms with van der Waals surface area (Å²) >= 11 is 0. The van der Waals surface area contributed by atoms with Crippen molar-refractivity contribution < 1.29 is 18.7 Å². The number of halogens is 1. The normalized spacial score (nSPS) is 13.2. The number of carbonyl (C=O) groups excluding carboxylic acids is 2. The molecule has 0 saturated carbocycles. The Kier molecular flexibility index (Phi) is 5.89. The number of carbonyl (C=O) groups is 2. The number of anilines is 1. The van der Waals surface area contributed by atoms with Crippen LogP contribution in [0.15, 0.2) is 36.4 Å². The summed E-state index contributed by atoms with van der Waals surface area (Å²) in [5.41, 5.74) is 3.23. The number of ether oxygens (including phenoxy) is 1. The fraction of sp³-hybridized carbons (Fsp3) is 0.364. The molecule has 1 aliphatic heterocycles. The first-order valence-corrected chi connectivity index (χ1v) is 9.29. The van der Waals surface area contributed by atoms with Gasteiger partial charge in [0.25, 0.3) is 0 Å². The van der Waals surface area contributed by atoms with Gasteiger partial charge in [0.15, 0.2) is 5.78 Å². The number of amides is 1. The van der Waals surface area contributed by atoms with Crippen LogP contribution in [0.3, 0.4) is 0 Å². The number of nitrogens with zero attached hydrogens (tertiary/aromatic N) is 1. The van der Waals surface area contributed by atoms with Crippen LogP contribution in [0.5, 0.6) is 5.75 Å². The lowest BCUT2D eigenvalue weighted by Gasteiger charge is -2.31. The predicted octanol–water partition coefficient (Wildman–Crippen LogP) is 4.48. The highest BCUT2D eigenvalue weighted by atomic mass is 19.1. The average Bonchev–Trinajstić information content (AvgIpc) is 2.64. The van der Waals surface area contributed by atoms with Gasteiger partial charge < -0.3 is 9.64 Å². The molecule has 1 heterocycles. The molecule has 27 heavy (non-hydrogen) atoms. The van der Waals surface area contributed by atoms with E-state index in [2.05, 4.69) is 0 Å². The second-order valence-electron chi connectivity index (χ2n) is 6.91. The van der Waals surface area contributed by atoms with Gasteiger partial charge in [-0.25, -0.2) is 4.39 Å². The van der Waals surface area contributed by atoms with Crippen molar-refractivity contribution in [2.45, 2.75) is 39.5 Å². The van der Waals surface area contributed by atoms with E-state index in [-0.39, 0.29) is 17.5 Å². The number of benzene rings is 2. The Balaban J connectivity index is 1.54. The van der Waals surface area contributed by atoms with Crippen LogP contribution < -0.4 is 9.64 Å². The lowest BCUT2D eigenvalue weighted by Crippen LogP contribution is -2.36. The van der Waals surface area contributed by atoms with Crippen LogP contribution in [0.2, 0.25) is 0 Å². The van der Waals surface area contributed by atoms with Gasteiger partial charge in [0.1, 0.15) is 11.6 Å². The largest absolute Gasteiger partial charge is 0.494 e. The minimum Gasteiger partial charge on any atom is -0.494 e. The molecule has 1 aliphatic rings. The first-order chi connectivity index (χ1) is 13.0. The van der Waals surface area contributed by atoms with Gasteiger partial charge in [-0.15, -0.1) is 0 Å². The van der Waals surface area contributed by atoms with Crippen LogP contribution in [0.1, 0.15) is 47.7 Å². The summed E-state index contributed by atoms with van der Waals surface area (Å²) < 4.78 is 19.3. The molecular weight excluding hydrogens is 345 g/mol. The summed E-state index contributed by atoms with van der Waals surface area (Å²) in [4.78, 5) is 25.7. The van der Waals surface area contributed by atoms with Crippen molar-refractivity contribution >= 4 is 17.4 Å². The van der Waals surface area contributed by atoms with E-state index in [9.17, 15) is 14.0 Å². The van der Waals surface area contributed by atoms with Crippen LogP contribution >= 0.6 is 0 Å². The molecule has 0 unspecified atom stereocenters. The Morgan fingerprint density at radius 1 is 1.19 bits per heavy atom. The molecule has 0 bridgehead atoms. The Morgan fingerprint density at radius 3 is 2.63 bits per heavy atom. The van der Waals surface area contributed by atoms with Gasteiger partial charge in [-0.1, -0.05) is 0 Å². The predicted molar refractivity (Wildman–Crippen MR) is 103 cm³/mol. The number of rotatable bonds is 6. The highest BCUT2D eigenvalue weighted by molar-refractivity contribution is 5.95. The second kappa shape index (κ2) is 8.33. The van der Waals surface area contributed by atoms with E-state index < -0.39 is 0 Å². The third kappa shape index (κ3) is 4.54. The van der Waals surface area contributed by atoms with Crippen molar-refractivity contribution in [3.8, 4) is 5.75 Å². The van der Waals surface area contributed by atoms with Gasteiger partial charge in [0, 0.05) is 24.2 Å². The zero-order chi connectivity index (χ0) is 19.4. The van der Waals surface area contributed by atoms with Gasteiger partial charge in [-0.05, 0) is 80.6 Å². The van der Waals surface area contributed by atoms with E-state index in [1.807, 2.05) is 6.92 Å². The SMILES string of the molecule is CC(=O)c1ccc(OCCCC(=O)N2CCCc3cc(F)cc(C)c32)cc1. The highest BCUT2D eigenvalue weighted by Gasteiger charge is 2.24. The minimum absolute atomic E-state index is 0.0177. The maximum atomic E-state index is 13.6. The first-order valence-electron chi connectivity index (χ1n) is 9.29. The molecule has 0 spiro atoms. The number of aryl methyl sites for hydroxylation is 2. The zero-order valence-electron chi connectivity index (χ0n) is 15.8. The highest BCUT2D eigenvalue weighted by Crippen LogP contribution is 2.32. The van der Waals surface area contributed by atoms with Crippen molar-refractivity contribution in [3.63, 3.8) is 0 Å². The fourth-order valence-electron chi connectivity index (χ4n) is 3.50. The van der Waals surface area contributed by atoms with E-state index in [0.717, 1.165) is 29.7 Å². The molecule has 0 radical (unpaired) electrons. The number of ketones is 1. The molecule has 0 aliphatic carbocycles. The minimum atomic E-state index is -0.246. The third-order valence-electron chi connectivity index (χ3n) is 4.81. The van der Waals surface area contributed by atoms with Crippen molar-refractivity contribution in [1.29, 1.82) is 0 Å². The summed E-state index contributed by atoms with van der Waals surface area (Å²) in [5, 5.41) is 0. The summed E-state index contributed by atoms with van der Waals surface area (Å²) in [7, 11) is 0. The maximum Gasteiger partial charge on any atom is 0.227 e. The number of hydrogen-bond donors (Lipinski definition) is 0. The van der Waals surface area contributed by atoms with Gasteiger partial charge >= 0.3 is 0 Å². The molecule has 142 valence electrons. The van der Waals surface area contributed by atoms with E-state index in [1.165, 1.54) is 19.1 Å². The molecule has 0 N–H and O–H groups in total. The van der Waals surface area contributed by atoms with E-state index in [0.29, 0.717) is 37.3 Å². The zero-order valence-corrected chi connectivity index (χ0v) is 15.8. The fourth-order valence-corrected chi connectivity index (χ4v) is 3.50. The quantitative estimate of drug-likeness (QED) is 0.557. The molecule has 0 saturated heterocycles. The van der Waals surface area contributed by atoms with E-state index in [4.69, 9.17) is 4.74 Å². The molecule has 2 aromatic rings. The topological polar surface area (TPSA) is 46.6 Å². The Hall–Kier alpha value is -2.69. The standard InChI is InChI=1S/C22H24FNO3/c1-15-13-19(23)14-18-5-3-11-24(22(15)18)21(26)6-4-12-27-20-9-7-17(8-10-20)16(2)25/h7-10,13-14H,3-6,11-12H2,1-2H3. The Bertz CT molecular complexity index is 845. The molecule has 4 nitrogen and oxygen atoms in total. The van der Waals surface area contributed by atoms with Gasteiger partial charge in [-0.3, -0.25) is 9.59 Å². The van der Waals surface area contributed by atoms with Crippen molar-refractivity contribution in [2.24, 2.45) is 0 Å². The van der Waals surface area contributed by atoms with Crippen LogP contribution in [0.25, 0.3) is 0 Å². The van der Waals surface area contributed by atoms with Crippen LogP contribution in [0.4, 0.5) is 10.1 Å². The van der Waals surface area contributed by atoms with Crippen LogP contribution in [-0.2, 0) is 11.2 Å². The average molecular weight is 369 g/mol. The molecule has 0 fully saturated rings. The van der Waals surface area contributed by atoms with E-state index >= 15 is 0 Å². The number of Topliss-reactive ketones (excluding diaryl/α,β-unsaturated/α-hetero) is 1.